The van der Waals surface area contributed by atoms with Crippen LogP contribution in [0.4, 0.5) is 0 Å². The summed E-state index contributed by atoms with van der Waals surface area (Å²) < 4.78 is 0. The van der Waals surface area contributed by atoms with E-state index < -0.39 is 0 Å². The molecule has 6 aliphatic rings. The second-order valence-electron chi connectivity index (χ2n) is 14.3. The van der Waals surface area contributed by atoms with Crippen molar-refractivity contribution in [1.82, 2.24) is 0 Å². The van der Waals surface area contributed by atoms with Crippen LogP contribution in [-0.4, -0.2) is 11.0 Å². The third-order valence-electron chi connectivity index (χ3n) is 12.8. The second kappa shape index (κ2) is 11.4. The Labute approximate surface area is 217 Å². The van der Waals surface area contributed by atoms with Gasteiger partial charge in [0, 0.05) is 5.25 Å². The van der Waals surface area contributed by atoms with Crippen LogP contribution in [0.5, 0.6) is 0 Å². The van der Waals surface area contributed by atoms with Gasteiger partial charge in [0.05, 0.1) is 0 Å². The van der Waals surface area contributed by atoms with Crippen LogP contribution < -0.4 is 0 Å². The summed E-state index contributed by atoms with van der Waals surface area (Å²) in [4.78, 5) is 0. The van der Waals surface area contributed by atoms with Crippen molar-refractivity contribution in [3.63, 3.8) is 0 Å². The van der Waals surface area contributed by atoms with Gasteiger partial charge >= 0.3 is 0 Å². The molecule has 0 aromatic rings. The van der Waals surface area contributed by atoms with Crippen molar-refractivity contribution in [2.75, 3.05) is 5.75 Å². The highest BCUT2D eigenvalue weighted by atomic mass is 32.2. The minimum atomic E-state index is 1.03. The van der Waals surface area contributed by atoms with Gasteiger partial charge in [-0.05, 0) is 129 Å². The summed E-state index contributed by atoms with van der Waals surface area (Å²) in [6, 6.07) is 0. The van der Waals surface area contributed by atoms with E-state index in [1.807, 2.05) is 0 Å². The Morgan fingerprint density at radius 2 is 1.06 bits per heavy atom. The molecule has 0 spiro atoms. The zero-order valence-electron chi connectivity index (χ0n) is 22.6. The summed E-state index contributed by atoms with van der Waals surface area (Å²) in [5, 5.41) is 1.03. The third-order valence-corrected chi connectivity index (χ3v) is 14.4. The zero-order valence-corrected chi connectivity index (χ0v) is 23.4. The Morgan fingerprint density at radius 1 is 0.500 bits per heavy atom. The van der Waals surface area contributed by atoms with Gasteiger partial charge < -0.3 is 0 Å². The highest BCUT2D eigenvalue weighted by Gasteiger charge is 2.52. The first-order valence-corrected chi connectivity index (χ1v) is 17.5. The molecule has 5 saturated carbocycles. The van der Waals surface area contributed by atoms with Gasteiger partial charge in [0.15, 0.2) is 0 Å². The molecule has 0 aromatic heterocycles. The Bertz CT molecular complexity index is 592. The normalized spacial score (nSPS) is 49.9. The SMILES string of the molecule is CCCC1CCC(C2CCC3CCC4CCCCC4C3C3C(CCC4CCCCC43)SC2)CC1. The molecule has 1 aliphatic heterocycles. The molecule has 1 heteroatoms. The van der Waals surface area contributed by atoms with Gasteiger partial charge in [-0.2, -0.15) is 11.8 Å². The summed E-state index contributed by atoms with van der Waals surface area (Å²) >= 11 is 2.56. The maximum absolute atomic E-state index is 2.56. The standard InChI is InChI=1S/C33H56S/c1-2-7-23-12-14-24(15-13-23)28-19-18-27-17-16-25-8-3-5-10-29(25)32(27)33-30-11-6-4-9-26(30)20-21-31(33)34-22-28/h23-33H,2-22H2,1H3. The molecule has 34 heavy (non-hydrogen) atoms. The van der Waals surface area contributed by atoms with Gasteiger partial charge in [0.25, 0.3) is 0 Å². The molecule has 1 saturated heterocycles. The first-order chi connectivity index (χ1) is 16.8. The van der Waals surface area contributed by atoms with Gasteiger partial charge in [0.2, 0.25) is 0 Å². The van der Waals surface area contributed by atoms with E-state index in [1.54, 1.807) is 116 Å². The largest absolute Gasteiger partial charge is 0.158 e. The molecule has 1 heterocycles. The smallest absolute Gasteiger partial charge is 0.00811 e. The molecule has 9 unspecified atom stereocenters. The highest BCUT2D eigenvalue weighted by molar-refractivity contribution is 7.99. The molecule has 0 amide bonds. The Kier molecular flexibility index (Phi) is 8.27. The average Bonchev–Trinajstić information content (AvgIpc) is 2.97. The van der Waals surface area contributed by atoms with Crippen LogP contribution in [0.25, 0.3) is 0 Å². The molecule has 6 fully saturated rings. The lowest BCUT2D eigenvalue weighted by molar-refractivity contribution is -0.0410. The molecule has 0 bridgehead atoms. The molecule has 0 radical (unpaired) electrons. The van der Waals surface area contributed by atoms with Crippen molar-refractivity contribution in [1.29, 1.82) is 0 Å². The zero-order chi connectivity index (χ0) is 22.9. The lowest BCUT2D eigenvalue weighted by Gasteiger charge is -2.56. The van der Waals surface area contributed by atoms with E-state index >= 15 is 0 Å². The maximum Gasteiger partial charge on any atom is 0.00811 e. The van der Waals surface area contributed by atoms with Crippen molar-refractivity contribution in [2.45, 2.75) is 141 Å². The van der Waals surface area contributed by atoms with Crippen molar-refractivity contribution >= 4 is 11.8 Å². The molecule has 5 aliphatic carbocycles. The van der Waals surface area contributed by atoms with E-state index in [9.17, 15) is 0 Å². The molecule has 0 N–H and O–H groups in total. The summed E-state index contributed by atoms with van der Waals surface area (Å²) in [5.74, 6) is 12.6. The van der Waals surface area contributed by atoms with E-state index in [4.69, 9.17) is 0 Å². The van der Waals surface area contributed by atoms with Crippen molar-refractivity contribution in [3.05, 3.63) is 0 Å². The van der Waals surface area contributed by atoms with Crippen molar-refractivity contribution in [3.8, 4) is 0 Å². The fraction of sp³-hybridized carbons (Fsp3) is 1.00. The van der Waals surface area contributed by atoms with Crippen LogP contribution in [0.1, 0.15) is 135 Å². The first kappa shape index (κ1) is 24.7. The van der Waals surface area contributed by atoms with E-state index in [-0.39, 0.29) is 0 Å². The minimum Gasteiger partial charge on any atom is -0.158 e. The average molecular weight is 485 g/mol. The molecule has 6 rings (SSSR count). The monoisotopic (exact) mass is 484 g/mol. The second-order valence-corrected chi connectivity index (χ2v) is 15.5. The van der Waals surface area contributed by atoms with E-state index in [0.29, 0.717) is 0 Å². The van der Waals surface area contributed by atoms with Gasteiger partial charge in [-0.15, -0.1) is 0 Å². The lowest BCUT2D eigenvalue weighted by atomic mass is 9.51. The Morgan fingerprint density at radius 3 is 1.76 bits per heavy atom. The van der Waals surface area contributed by atoms with Crippen LogP contribution in [0.3, 0.4) is 0 Å². The molecule has 0 aromatic carbocycles. The minimum absolute atomic E-state index is 1.03. The van der Waals surface area contributed by atoms with Crippen LogP contribution in [-0.2, 0) is 0 Å². The van der Waals surface area contributed by atoms with Crippen molar-refractivity contribution < 1.29 is 0 Å². The molecule has 0 nitrogen and oxygen atoms in total. The highest BCUT2D eigenvalue weighted by Crippen LogP contribution is 2.60. The molecular weight excluding hydrogens is 428 g/mol. The summed E-state index contributed by atoms with van der Waals surface area (Å²) in [6.07, 6.45) is 31.4. The molecular formula is C33H56S. The quantitative estimate of drug-likeness (QED) is 0.384. The molecule has 9 atom stereocenters. The number of hydrogen-bond acceptors (Lipinski definition) is 1. The third kappa shape index (κ3) is 5.05. The summed E-state index contributed by atoms with van der Waals surface area (Å²) in [5.41, 5.74) is 0. The van der Waals surface area contributed by atoms with E-state index in [0.717, 1.165) is 64.4 Å². The van der Waals surface area contributed by atoms with Crippen LogP contribution in [0.15, 0.2) is 0 Å². The van der Waals surface area contributed by atoms with Gasteiger partial charge in [0.1, 0.15) is 0 Å². The van der Waals surface area contributed by atoms with Crippen LogP contribution in [0.2, 0.25) is 0 Å². The van der Waals surface area contributed by atoms with Crippen LogP contribution >= 0.6 is 11.8 Å². The lowest BCUT2D eigenvalue weighted by Crippen LogP contribution is -2.50. The fourth-order valence-corrected chi connectivity index (χ4v) is 13.0. The first-order valence-electron chi connectivity index (χ1n) is 16.4. The Hall–Kier alpha value is 0.350. The predicted octanol–water partition coefficient (Wildman–Crippen LogP) is 10.2. The number of thioether (sulfide) groups is 1. The number of fused-ring (bicyclic) bond motifs is 7. The maximum atomic E-state index is 2.56. The molecule has 194 valence electrons. The Balaban J connectivity index is 1.23. The van der Waals surface area contributed by atoms with Crippen molar-refractivity contribution in [2.24, 2.45) is 59.2 Å². The van der Waals surface area contributed by atoms with Gasteiger partial charge in [-0.25, -0.2) is 0 Å². The topological polar surface area (TPSA) is 0 Å². The van der Waals surface area contributed by atoms with Gasteiger partial charge in [-0.1, -0.05) is 71.1 Å². The van der Waals surface area contributed by atoms with Gasteiger partial charge in [-0.3, -0.25) is 0 Å². The van der Waals surface area contributed by atoms with E-state index in [2.05, 4.69) is 18.7 Å². The van der Waals surface area contributed by atoms with E-state index in [1.165, 1.54) is 18.6 Å². The number of rotatable bonds is 3. The number of hydrogen-bond donors (Lipinski definition) is 0. The fourth-order valence-electron chi connectivity index (χ4n) is 11.2. The summed E-state index contributed by atoms with van der Waals surface area (Å²) in [6.45, 7) is 2.40. The van der Waals surface area contributed by atoms with Crippen LogP contribution in [0, 0.1) is 59.2 Å². The predicted molar refractivity (Wildman–Crippen MR) is 149 cm³/mol. The summed E-state index contributed by atoms with van der Waals surface area (Å²) in [7, 11) is 0.